The van der Waals surface area contributed by atoms with Gasteiger partial charge in [-0.2, -0.15) is 0 Å². The van der Waals surface area contributed by atoms with Crippen molar-refractivity contribution in [2.45, 2.75) is 34.2 Å². The SMILES string of the molecule is CCn1c2ccc(C(=O)/C(C)=N/OC(C)=O)cc2c2cc(C(=O)c3ccc(OC(C)=O)cc3)ccc21. The van der Waals surface area contributed by atoms with Crippen molar-refractivity contribution in [1.29, 1.82) is 0 Å². The molecular weight excluding hydrogens is 460 g/mol. The van der Waals surface area contributed by atoms with E-state index in [0.717, 1.165) is 21.8 Å². The van der Waals surface area contributed by atoms with Crippen LogP contribution in [0.25, 0.3) is 21.8 Å². The molecule has 0 aliphatic rings. The lowest BCUT2D eigenvalue weighted by Crippen LogP contribution is -2.11. The standard InChI is InChI=1S/C28H24N2O6/c1-5-30-25-12-8-20(27(33)16(2)29-36-18(4)32)14-23(25)24-15-21(9-13-26(24)30)28(34)19-6-10-22(11-7-19)35-17(3)31/h6-15H,5H2,1-4H3/b29-16+. The van der Waals surface area contributed by atoms with Crippen molar-refractivity contribution < 1.29 is 28.8 Å². The van der Waals surface area contributed by atoms with E-state index in [1.165, 1.54) is 20.8 Å². The summed E-state index contributed by atoms with van der Waals surface area (Å²) in [6, 6.07) is 17.2. The van der Waals surface area contributed by atoms with Crippen molar-refractivity contribution in [1.82, 2.24) is 4.57 Å². The summed E-state index contributed by atoms with van der Waals surface area (Å²) in [6.07, 6.45) is 0. The molecule has 8 heteroatoms. The molecule has 0 fully saturated rings. The molecule has 0 N–H and O–H groups in total. The highest BCUT2D eigenvalue weighted by Crippen LogP contribution is 2.31. The fourth-order valence-electron chi connectivity index (χ4n) is 4.12. The molecule has 0 amide bonds. The molecule has 0 saturated carbocycles. The lowest BCUT2D eigenvalue weighted by molar-refractivity contribution is -0.141. The van der Waals surface area contributed by atoms with Gasteiger partial charge in [0, 0.05) is 58.9 Å². The average Bonchev–Trinajstić information content (AvgIpc) is 3.18. The zero-order valence-corrected chi connectivity index (χ0v) is 20.3. The zero-order chi connectivity index (χ0) is 26.0. The first-order chi connectivity index (χ1) is 17.2. The third-order valence-corrected chi connectivity index (χ3v) is 5.72. The van der Waals surface area contributed by atoms with Crippen LogP contribution in [0.5, 0.6) is 5.75 Å². The Morgan fingerprint density at radius 2 is 1.31 bits per heavy atom. The van der Waals surface area contributed by atoms with E-state index in [9.17, 15) is 19.2 Å². The molecule has 0 unspecified atom stereocenters. The number of rotatable bonds is 7. The Bertz CT molecular complexity index is 1560. The minimum Gasteiger partial charge on any atom is -0.427 e. The first-order valence-electron chi connectivity index (χ1n) is 11.4. The summed E-state index contributed by atoms with van der Waals surface area (Å²) in [5, 5.41) is 5.25. The number of ketones is 2. The van der Waals surface area contributed by atoms with Gasteiger partial charge in [-0.05, 0) is 74.5 Å². The highest BCUT2D eigenvalue weighted by molar-refractivity contribution is 6.45. The number of aromatic nitrogens is 1. The van der Waals surface area contributed by atoms with Crippen LogP contribution in [0.2, 0.25) is 0 Å². The number of nitrogens with zero attached hydrogens (tertiary/aromatic N) is 2. The normalized spacial score (nSPS) is 11.5. The van der Waals surface area contributed by atoms with Crippen LogP contribution in [0.3, 0.4) is 0 Å². The monoisotopic (exact) mass is 484 g/mol. The quantitative estimate of drug-likeness (QED) is 0.0904. The van der Waals surface area contributed by atoms with Crippen LogP contribution in [-0.4, -0.2) is 33.8 Å². The van der Waals surface area contributed by atoms with Gasteiger partial charge in [-0.1, -0.05) is 5.16 Å². The van der Waals surface area contributed by atoms with Gasteiger partial charge in [0.05, 0.1) is 0 Å². The lowest BCUT2D eigenvalue weighted by atomic mass is 10.00. The summed E-state index contributed by atoms with van der Waals surface area (Å²) < 4.78 is 7.15. The first kappa shape index (κ1) is 24.5. The van der Waals surface area contributed by atoms with Crippen LogP contribution in [0.1, 0.15) is 54.0 Å². The number of carbonyl (C=O) groups excluding carboxylic acids is 4. The predicted molar refractivity (Wildman–Crippen MR) is 136 cm³/mol. The molecule has 0 saturated heterocycles. The number of Topliss-reactive ketones (excluding diaryl/α,β-unsaturated/α-hetero) is 1. The Morgan fingerprint density at radius 1 is 0.750 bits per heavy atom. The Hall–Kier alpha value is -4.59. The molecule has 3 aromatic carbocycles. The molecular formula is C28H24N2O6. The Kier molecular flexibility index (Phi) is 6.78. The Labute approximate surface area is 207 Å². The number of hydrogen-bond donors (Lipinski definition) is 0. The molecule has 4 rings (SSSR count). The van der Waals surface area contributed by atoms with E-state index < -0.39 is 11.9 Å². The largest absolute Gasteiger partial charge is 0.427 e. The first-order valence-corrected chi connectivity index (χ1v) is 11.4. The van der Waals surface area contributed by atoms with Crippen LogP contribution in [0.15, 0.2) is 65.8 Å². The number of ether oxygens (including phenoxy) is 1. The maximum atomic E-state index is 13.2. The van der Waals surface area contributed by atoms with Crippen molar-refractivity contribution in [3.63, 3.8) is 0 Å². The molecule has 0 aliphatic heterocycles. The fraction of sp³-hybridized carbons (Fsp3) is 0.179. The van der Waals surface area contributed by atoms with E-state index in [2.05, 4.69) is 14.6 Å². The van der Waals surface area contributed by atoms with Gasteiger partial charge in [-0.15, -0.1) is 0 Å². The molecule has 1 heterocycles. The summed E-state index contributed by atoms with van der Waals surface area (Å²) >= 11 is 0. The van der Waals surface area contributed by atoms with Gasteiger partial charge in [-0.25, -0.2) is 4.79 Å². The van der Waals surface area contributed by atoms with Gasteiger partial charge >= 0.3 is 11.9 Å². The van der Waals surface area contributed by atoms with E-state index in [-0.39, 0.29) is 17.3 Å². The third-order valence-electron chi connectivity index (χ3n) is 5.72. The summed E-state index contributed by atoms with van der Waals surface area (Å²) in [5.74, 6) is -1.22. The van der Waals surface area contributed by atoms with Crippen molar-refractivity contribution in [3.8, 4) is 5.75 Å². The summed E-state index contributed by atoms with van der Waals surface area (Å²) in [7, 11) is 0. The second-order valence-corrected chi connectivity index (χ2v) is 8.24. The number of fused-ring (bicyclic) bond motifs is 3. The molecule has 4 aromatic rings. The van der Waals surface area contributed by atoms with E-state index in [1.807, 2.05) is 25.1 Å². The highest BCUT2D eigenvalue weighted by Gasteiger charge is 2.18. The Morgan fingerprint density at radius 3 is 1.86 bits per heavy atom. The zero-order valence-electron chi connectivity index (χ0n) is 20.3. The summed E-state index contributed by atoms with van der Waals surface area (Å²) in [5.41, 5.74) is 3.25. The fourth-order valence-corrected chi connectivity index (χ4v) is 4.12. The van der Waals surface area contributed by atoms with Crippen molar-refractivity contribution in [3.05, 3.63) is 77.4 Å². The highest BCUT2D eigenvalue weighted by atomic mass is 16.7. The van der Waals surface area contributed by atoms with Gasteiger partial charge in [0.1, 0.15) is 11.5 Å². The van der Waals surface area contributed by atoms with Crippen molar-refractivity contribution >= 4 is 51.0 Å². The molecule has 1 aromatic heterocycles. The van der Waals surface area contributed by atoms with Gasteiger partial charge < -0.3 is 14.1 Å². The van der Waals surface area contributed by atoms with Gasteiger partial charge in [0.25, 0.3) is 0 Å². The van der Waals surface area contributed by atoms with Crippen LogP contribution in [-0.2, 0) is 21.0 Å². The number of esters is 1. The van der Waals surface area contributed by atoms with E-state index >= 15 is 0 Å². The predicted octanol–water partition coefficient (Wildman–Crippen LogP) is 5.09. The van der Waals surface area contributed by atoms with E-state index in [1.54, 1.807) is 42.5 Å². The van der Waals surface area contributed by atoms with Crippen molar-refractivity contribution in [2.24, 2.45) is 5.16 Å². The molecule has 36 heavy (non-hydrogen) atoms. The summed E-state index contributed by atoms with van der Waals surface area (Å²) in [4.78, 5) is 52.8. The smallest absolute Gasteiger partial charge is 0.331 e. The third kappa shape index (κ3) is 4.79. The minimum atomic E-state index is -0.609. The van der Waals surface area contributed by atoms with Crippen LogP contribution >= 0.6 is 0 Å². The molecule has 8 nitrogen and oxygen atoms in total. The second-order valence-electron chi connectivity index (χ2n) is 8.24. The minimum absolute atomic E-state index is 0.0526. The van der Waals surface area contributed by atoms with Gasteiger partial charge in [-0.3, -0.25) is 14.4 Å². The maximum absolute atomic E-state index is 13.2. The topological polar surface area (TPSA) is 104 Å². The Balaban J connectivity index is 1.76. The molecule has 0 radical (unpaired) electrons. The second kappa shape index (κ2) is 9.95. The lowest BCUT2D eigenvalue weighted by Gasteiger charge is -2.05. The van der Waals surface area contributed by atoms with E-state index in [4.69, 9.17) is 4.74 Å². The maximum Gasteiger partial charge on any atom is 0.331 e. The number of carbonyl (C=O) groups is 4. The van der Waals surface area contributed by atoms with Gasteiger partial charge in [0.2, 0.25) is 5.78 Å². The number of aryl methyl sites for hydroxylation is 1. The van der Waals surface area contributed by atoms with E-state index in [0.29, 0.717) is 29.0 Å². The molecule has 0 bridgehead atoms. The van der Waals surface area contributed by atoms with Crippen LogP contribution in [0.4, 0.5) is 0 Å². The van der Waals surface area contributed by atoms with Crippen LogP contribution < -0.4 is 4.74 Å². The van der Waals surface area contributed by atoms with Crippen molar-refractivity contribution in [2.75, 3.05) is 0 Å². The number of oxime groups is 1. The average molecular weight is 485 g/mol. The number of benzene rings is 3. The molecule has 0 spiro atoms. The van der Waals surface area contributed by atoms with Gasteiger partial charge in [0.15, 0.2) is 5.78 Å². The molecule has 182 valence electrons. The molecule has 0 aliphatic carbocycles. The number of hydrogen-bond acceptors (Lipinski definition) is 7. The van der Waals surface area contributed by atoms with Crippen LogP contribution in [0, 0.1) is 0 Å². The molecule has 0 atom stereocenters. The summed E-state index contributed by atoms with van der Waals surface area (Å²) in [6.45, 7) is 6.73.